The van der Waals surface area contributed by atoms with E-state index in [4.69, 9.17) is 4.74 Å². The molecule has 6 heteroatoms. The van der Waals surface area contributed by atoms with Crippen molar-refractivity contribution < 1.29 is 14.3 Å². The standard InChI is InChI=1S/C22H26N2O3S/c1-14-9-10-17-18(12-14)28-22(24-20(25)15-6-3-2-4-7-15)19(17)21(26)23-13-16-8-5-11-27-16/h2-4,6-7,14,16H,5,8-13H2,1H3,(H,23,26)(H,24,25). The fraction of sp³-hybridized carbons (Fsp3) is 0.455. The van der Waals surface area contributed by atoms with Gasteiger partial charge in [-0.1, -0.05) is 25.1 Å². The normalized spacial score (nSPS) is 21.2. The number of anilines is 1. The average molecular weight is 399 g/mol. The summed E-state index contributed by atoms with van der Waals surface area (Å²) >= 11 is 1.55. The van der Waals surface area contributed by atoms with E-state index in [0.717, 1.165) is 44.3 Å². The molecule has 1 aliphatic carbocycles. The third-order valence-electron chi connectivity index (χ3n) is 5.52. The number of thiophene rings is 1. The summed E-state index contributed by atoms with van der Waals surface area (Å²) in [5.41, 5.74) is 2.35. The minimum Gasteiger partial charge on any atom is -0.376 e. The number of nitrogens with one attached hydrogen (secondary N) is 2. The van der Waals surface area contributed by atoms with Crippen LogP contribution in [0.25, 0.3) is 0 Å². The Hall–Kier alpha value is -2.18. The maximum absolute atomic E-state index is 13.0. The van der Waals surface area contributed by atoms with Crippen molar-refractivity contribution in [2.45, 2.75) is 45.1 Å². The quantitative estimate of drug-likeness (QED) is 0.799. The summed E-state index contributed by atoms with van der Waals surface area (Å²) in [6.45, 7) is 3.53. The molecule has 2 heterocycles. The van der Waals surface area contributed by atoms with Gasteiger partial charge in [-0.25, -0.2) is 0 Å². The van der Waals surface area contributed by atoms with Crippen LogP contribution in [0.2, 0.25) is 0 Å². The monoisotopic (exact) mass is 398 g/mol. The molecule has 2 aromatic rings. The van der Waals surface area contributed by atoms with E-state index in [-0.39, 0.29) is 17.9 Å². The second kappa shape index (κ2) is 8.45. The Labute approximate surface area is 169 Å². The molecule has 1 aromatic heterocycles. The van der Waals surface area contributed by atoms with Crippen molar-refractivity contribution in [3.63, 3.8) is 0 Å². The molecule has 1 aromatic carbocycles. The molecule has 0 spiro atoms. The topological polar surface area (TPSA) is 67.4 Å². The number of rotatable bonds is 5. The molecule has 4 rings (SSSR count). The number of amides is 2. The van der Waals surface area contributed by atoms with E-state index in [0.29, 0.717) is 28.6 Å². The number of hydrogen-bond acceptors (Lipinski definition) is 4. The highest BCUT2D eigenvalue weighted by molar-refractivity contribution is 7.17. The highest BCUT2D eigenvalue weighted by atomic mass is 32.1. The summed E-state index contributed by atoms with van der Waals surface area (Å²) in [5, 5.41) is 6.69. The summed E-state index contributed by atoms with van der Waals surface area (Å²) in [6, 6.07) is 9.12. The Morgan fingerprint density at radius 2 is 2.00 bits per heavy atom. The Kier molecular flexibility index (Phi) is 5.78. The van der Waals surface area contributed by atoms with Crippen molar-refractivity contribution in [3.05, 3.63) is 51.9 Å². The number of ether oxygens (including phenoxy) is 1. The summed E-state index contributed by atoms with van der Waals surface area (Å²) in [4.78, 5) is 26.9. The van der Waals surface area contributed by atoms with Crippen molar-refractivity contribution in [3.8, 4) is 0 Å². The molecule has 148 valence electrons. The number of benzene rings is 1. The van der Waals surface area contributed by atoms with Gasteiger partial charge in [0.2, 0.25) is 0 Å². The van der Waals surface area contributed by atoms with Crippen molar-refractivity contribution in [1.29, 1.82) is 0 Å². The zero-order valence-electron chi connectivity index (χ0n) is 16.1. The van der Waals surface area contributed by atoms with Crippen LogP contribution in [0, 0.1) is 5.92 Å². The number of carbonyl (C=O) groups excluding carboxylic acids is 2. The fourth-order valence-corrected chi connectivity index (χ4v) is 5.35. The van der Waals surface area contributed by atoms with Crippen LogP contribution in [0.1, 0.15) is 57.3 Å². The summed E-state index contributed by atoms with van der Waals surface area (Å²) in [7, 11) is 0. The first kappa shape index (κ1) is 19.2. The summed E-state index contributed by atoms with van der Waals surface area (Å²) < 4.78 is 5.62. The van der Waals surface area contributed by atoms with E-state index in [2.05, 4.69) is 17.6 Å². The van der Waals surface area contributed by atoms with E-state index in [9.17, 15) is 9.59 Å². The minimum atomic E-state index is -0.180. The van der Waals surface area contributed by atoms with Crippen molar-refractivity contribution in [1.82, 2.24) is 5.32 Å². The first-order valence-electron chi connectivity index (χ1n) is 10.0. The molecule has 2 amide bonds. The highest BCUT2D eigenvalue weighted by Crippen LogP contribution is 2.39. The lowest BCUT2D eigenvalue weighted by atomic mass is 9.88. The van der Waals surface area contributed by atoms with Gasteiger partial charge in [-0.05, 0) is 55.7 Å². The van der Waals surface area contributed by atoms with Crippen LogP contribution < -0.4 is 10.6 Å². The van der Waals surface area contributed by atoms with Gasteiger partial charge in [0.1, 0.15) is 5.00 Å². The molecule has 5 nitrogen and oxygen atoms in total. The highest BCUT2D eigenvalue weighted by Gasteiger charge is 2.29. The SMILES string of the molecule is CC1CCc2c(sc(NC(=O)c3ccccc3)c2C(=O)NCC2CCCO2)C1. The third kappa shape index (κ3) is 4.13. The molecule has 0 bridgehead atoms. The second-order valence-corrected chi connectivity index (χ2v) is 8.83. The van der Waals surface area contributed by atoms with Crippen LogP contribution >= 0.6 is 11.3 Å². The number of carbonyl (C=O) groups is 2. The zero-order chi connectivity index (χ0) is 19.5. The van der Waals surface area contributed by atoms with Gasteiger partial charge in [0.25, 0.3) is 11.8 Å². The largest absolute Gasteiger partial charge is 0.376 e. The lowest BCUT2D eigenvalue weighted by molar-refractivity contribution is 0.0857. The van der Waals surface area contributed by atoms with Gasteiger partial charge in [0.05, 0.1) is 11.7 Å². The molecule has 1 aliphatic heterocycles. The van der Waals surface area contributed by atoms with Gasteiger partial charge in [-0.3, -0.25) is 9.59 Å². The molecule has 28 heavy (non-hydrogen) atoms. The Morgan fingerprint density at radius 1 is 1.18 bits per heavy atom. The van der Waals surface area contributed by atoms with Gasteiger partial charge in [-0.15, -0.1) is 11.3 Å². The van der Waals surface area contributed by atoms with Crippen LogP contribution in [0.15, 0.2) is 30.3 Å². The molecule has 0 radical (unpaired) electrons. The van der Waals surface area contributed by atoms with E-state index < -0.39 is 0 Å². The maximum Gasteiger partial charge on any atom is 0.256 e. The fourth-order valence-electron chi connectivity index (χ4n) is 3.94. The van der Waals surface area contributed by atoms with Crippen LogP contribution in [-0.2, 0) is 17.6 Å². The first-order chi connectivity index (χ1) is 13.6. The van der Waals surface area contributed by atoms with Gasteiger partial charge in [0, 0.05) is 23.6 Å². The second-order valence-electron chi connectivity index (χ2n) is 7.72. The molecular formula is C22H26N2O3S. The number of hydrogen-bond donors (Lipinski definition) is 2. The minimum absolute atomic E-state index is 0.0980. The van der Waals surface area contributed by atoms with E-state index in [1.807, 2.05) is 18.2 Å². The zero-order valence-corrected chi connectivity index (χ0v) is 16.9. The Bertz CT molecular complexity index is 856. The van der Waals surface area contributed by atoms with Crippen molar-refractivity contribution in [2.75, 3.05) is 18.5 Å². The van der Waals surface area contributed by atoms with Gasteiger partial charge in [-0.2, -0.15) is 0 Å². The lowest BCUT2D eigenvalue weighted by Gasteiger charge is -2.19. The lowest BCUT2D eigenvalue weighted by Crippen LogP contribution is -2.33. The predicted molar refractivity (Wildman–Crippen MR) is 111 cm³/mol. The average Bonchev–Trinajstić information content (AvgIpc) is 3.34. The summed E-state index contributed by atoms with van der Waals surface area (Å²) in [5.74, 6) is 0.318. The van der Waals surface area contributed by atoms with Gasteiger partial charge >= 0.3 is 0 Å². The Balaban J connectivity index is 1.57. The van der Waals surface area contributed by atoms with Crippen LogP contribution in [0.3, 0.4) is 0 Å². The smallest absolute Gasteiger partial charge is 0.256 e. The maximum atomic E-state index is 13.0. The number of fused-ring (bicyclic) bond motifs is 1. The molecule has 2 N–H and O–H groups in total. The van der Waals surface area contributed by atoms with E-state index in [1.54, 1.807) is 23.5 Å². The van der Waals surface area contributed by atoms with Crippen molar-refractivity contribution in [2.24, 2.45) is 5.92 Å². The molecule has 2 aliphatic rings. The Morgan fingerprint density at radius 3 is 2.75 bits per heavy atom. The van der Waals surface area contributed by atoms with Crippen LogP contribution in [-0.4, -0.2) is 31.1 Å². The van der Waals surface area contributed by atoms with Gasteiger partial charge in [0.15, 0.2) is 0 Å². The molecule has 1 fully saturated rings. The van der Waals surface area contributed by atoms with Crippen molar-refractivity contribution >= 4 is 28.2 Å². The van der Waals surface area contributed by atoms with E-state index in [1.165, 1.54) is 4.88 Å². The first-order valence-corrected chi connectivity index (χ1v) is 10.8. The predicted octanol–water partition coefficient (Wildman–Crippen LogP) is 4.03. The summed E-state index contributed by atoms with van der Waals surface area (Å²) in [6.07, 6.45) is 5.05. The van der Waals surface area contributed by atoms with E-state index >= 15 is 0 Å². The third-order valence-corrected chi connectivity index (χ3v) is 6.69. The molecule has 2 atom stereocenters. The van der Waals surface area contributed by atoms with Crippen LogP contribution in [0.5, 0.6) is 0 Å². The molecular weight excluding hydrogens is 372 g/mol. The van der Waals surface area contributed by atoms with Crippen LogP contribution in [0.4, 0.5) is 5.00 Å². The molecule has 1 saturated heterocycles. The molecule has 2 unspecified atom stereocenters. The van der Waals surface area contributed by atoms with Gasteiger partial charge < -0.3 is 15.4 Å². The molecule has 0 saturated carbocycles.